The monoisotopic (exact) mass is 266 g/mol. The Bertz CT molecular complexity index is 507. The van der Waals surface area contributed by atoms with E-state index in [9.17, 15) is 4.79 Å². The minimum absolute atomic E-state index is 0.0878. The molecule has 2 aromatic rings. The number of nitrogens with one attached hydrogen (secondary N) is 1. The van der Waals surface area contributed by atoms with Gasteiger partial charge in [-0.05, 0) is 25.5 Å². The van der Waals surface area contributed by atoms with Crippen LogP contribution in [-0.4, -0.2) is 22.1 Å². The Kier molecular flexibility index (Phi) is 3.99. The molecule has 0 amide bonds. The first-order chi connectivity index (χ1) is 8.66. The molecule has 0 bridgehead atoms. The molecule has 0 saturated carbocycles. The van der Waals surface area contributed by atoms with Gasteiger partial charge < -0.3 is 14.8 Å². The van der Waals surface area contributed by atoms with Crippen molar-refractivity contribution in [2.75, 3.05) is 5.32 Å². The SMILES string of the molecule is CC(CCc1ccco1)Nc1scnc1C(=O)O. The molecule has 0 aliphatic heterocycles. The van der Waals surface area contributed by atoms with Gasteiger partial charge in [0.1, 0.15) is 10.8 Å². The molecular formula is C12H14N2O3S. The Morgan fingerprint density at radius 2 is 2.50 bits per heavy atom. The van der Waals surface area contributed by atoms with Crippen LogP contribution in [0.1, 0.15) is 29.6 Å². The van der Waals surface area contributed by atoms with E-state index in [4.69, 9.17) is 9.52 Å². The summed E-state index contributed by atoms with van der Waals surface area (Å²) in [4.78, 5) is 14.7. The van der Waals surface area contributed by atoms with Crippen LogP contribution in [0.2, 0.25) is 0 Å². The number of anilines is 1. The largest absolute Gasteiger partial charge is 0.476 e. The van der Waals surface area contributed by atoms with Crippen LogP contribution in [0.15, 0.2) is 28.3 Å². The highest BCUT2D eigenvalue weighted by molar-refractivity contribution is 7.14. The van der Waals surface area contributed by atoms with Crippen molar-refractivity contribution < 1.29 is 14.3 Å². The molecule has 1 unspecified atom stereocenters. The summed E-state index contributed by atoms with van der Waals surface area (Å²) in [6, 6.07) is 3.95. The fraction of sp³-hybridized carbons (Fsp3) is 0.333. The Balaban J connectivity index is 1.88. The van der Waals surface area contributed by atoms with Gasteiger partial charge in [0.25, 0.3) is 0 Å². The van der Waals surface area contributed by atoms with Gasteiger partial charge in [-0.25, -0.2) is 9.78 Å². The summed E-state index contributed by atoms with van der Waals surface area (Å²) in [7, 11) is 0. The number of hydrogen-bond donors (Lipinski definition) is 2. The number of carboxylic acid groups (broad SMARTS) is 1. The van der Waals surface area contributed by atoms with Gasteiger partial charge in [-0.1, -0.05) is 0 Å². The van der Waals surface area contributed by atoms with Gasteiger partial charge >= 0.3 is 5.97 Å². The van der Waals surface area contributed by atoms with Crippen LogP contribution in [0.3, 0.4) is 0 Å². The van der Waals surface area contributed by atoms with Crippen molar-refractivity contribution in [1.29, 1.82) is 0 Å². The number of thiazole rings is 1. The second-order valence-corrected chi connectivity index (χ2v) is 4.85. The number of aromatic carboxylic acids is 1. The number of rotatable bonds is 6. The molecule has 18 heavy (non-hydrogen) atoms. The van der Waals surface area contributed by atoms with E-state index in [-0.39, 0.29) is 11.7 Å². The first-order valence-corrected chi connectivity index (χ1v) is 6.50. The Morgan fingerprint density at radius 3 is 3.17 bits per heavy atom. The summed E-state index contributed by atoms with van der Waals surface area (Å²) in [6.07, 6.45) is 3.34. The Hall–Kier alpha value is -1.82. The van der Waals surface area contributed by atoms with Crippen LogP contribution in [0.25, 0.3) is 0 Å². The summed E-state index contributed by atoms with van der Waals surface area (Å²) >= 11 is 1.30. The number of aryl methyl sites for hydroxylation is 1. The number of hydrogen-bond acceptors (Lipinski definition) is 5. The van der Waals surface area contributed by atoms with Gasteiger partial charge in [0.2, 0.25) is 0 Å². The lowest BCUT2D eigenvalue weighted by Gasteiger charge is -2.13. The topological polar surface area (TPSA) is 75.4 Å². The summed E-state index contributed by atoms with van der Waals surface area (Å²) in [5.74, 6) is -0.0663. The molecule has 2 aromatic heterocycles. The van der Waals surface area contributed by atoms with Crippen LogP contribution in [0, 0.1) is 0 Å². The smallest absolute Gasteiger partial charge is 0.357 e. The van der Waals surface area contributed by atoms with E-state index in [0.29, 0.717) is 5.00 Å². The quantitative estimate of drug-likeness (QED) is 0.840. The zero-order valence-electron chi connectivity index (χ0n) is 9.92. The third-order valence-corrected chi connectivity index (χ3v) is 3.31. The molecule has 0 aliphatic carbocycles. The molecule has 0 spiro atoms. The summed E-state index contributed by atoms with van der Waals surface area (Å²) in [5, 5.41) is 12.7. The van der Waals surface area contributed by atoms with Crippen molar-refractivity contribution in [2.24, 2.45) is 0 Å². The Morgan fingerprint density at radius 1 is 1.67 bits per heavy atom. The molecule has 0 saturated heterocycles. The van der Waals surface area contributed by atoms with Crippen LogP contribution < -0.4 is 5.32 Å². The van der Waals surface area contributed by atoms with Crippen molar-refractivity contribution >= 4 is 22.3 Å². The maximum Gasteiger partial charge on any atom is 0.357 e. The highest BCUT2D eigenvalue weighted by Gasteiger charge is 2.15. The lowest BCUT2D eigenvalue weighted by molar-refractivity contribution is 0.0692. The highest BCUT2D eigenvalue weighted by atomic mass is 32.1. The molecule has 1 atom stereocenters. The maximum absolute atomic E-state index is 10.9. The van der Waals surface area contributed by atoms with Gasteiger partial charge in [-0.2, -0.15) is 0 Å². The van der Waals surface area contributed by atoms with E-state index in [0.717, 1.165) is 18.6 Å². The maximum atomic E-state index is 10.9. The fourth-order valence-electron chi connectivity index (χ4n) is 1.61. The summed E-state index contributed by atoms with van der Waals surface area (Å²) in [6.45, 7) is 2.01. The molecule has 2 rings (SSSR count). The molecule has 96 valence electrons. The zero-order valence-corrected chi connectivity index (χ0v) is 10.7. The van der Waals surface area contributed by atoms with Gasteiger partial charge in [-0.15, -0.1) is 11.3 Å². The highest BCUT2D eigenvalue weighted by Crippen LogP contribution is 2.22. The fourth-order valence-corrected chi connectivity index (χ4v) is 2.39. The van der Waals surface area contributed by atoms with E-state index in [2.05, 4.69) is 10.3 Å². The third kappa shape index (κ3) is 3.10. The van der Waals surface area contributed by atoms with E-state index >= 15 is 0 Å². The standard InChI is InChI=1S/C12H14N2O3S/c1-8(4-5-9-3-2-6-17-9)14-11-10(12(15)16)13-7-18-11/h2-3,6-8,14H,4-5H2,1H3,(H,15,16). The molecule has 5 nitrogen and oxygen atoms in total. The predicted octanol–water partition coefficient (Wildman–Crippen LogP) is 2.87. The molecule has 2 N–H and O–H groups in total. The lowest BCUT2D eigenvalue weighted by Crippen LogP contribution is -2.17. The van der Waals surface area contributed by atoms with Gasteiger partial charge in [-0.3, -0.25) is 0 Å². The van der Waals surface area contributed by atoms with Crippen LogP contribution >= 0.6 is 11.3 Å². The second-order valence-electron chi connectivity index (χ2n) is 4.00. The minimum atomic E-state index is -1.00. The van der Waals surface area contributed by atoms with Crippen molar-refractivity contribution in [2.45, 2.75) is 25.8 Å². The number of carboxylic acids is 1. The van der Waals surface area contributed by atoms with E-state index < -0.39 is 5.97 Å². The van der Waals surface area contributed by atoms with Crippen LogP contribution in [0.5, 0.6) is 0 Å². The van der Waals surface area contributed by atoms with Crippen LogP contribution in [-0.2, 0) is 6.42 Å². The number of nitrogens with zero attached hydrogens (tertiary/aromatic N) is 1. The van der Waals surface area contributed by atoms with Gasteiger partial charge in [0, 0.05) is 12.5 Å². The second kappa shape index (κ2) is 5.68. The van der Waals surface area contributed by atoms with E-state index in [1.807, 2.05) is 19.1 Å². The lowest BCUT2D eigenvalue weighted by atomic mass is 10.1. The first kappa shape index (κ1) is 12.6. The Labute approximate surface area is 108 Å². The van der Waals surface area contributed by atoms with Crippen molar-refractivity contribution in [3.05, 3.63) is 35.4 Å². The first-order valence-electron chi connectivity index (χ1n) is 5.62. The zero-order chi connectivity index (χ0) is 13.0. The number of furan rings is 1. The summed E-state index contributed by atoms with van der Waals surface area (Å²) < 4.78 is 5.25. The predicted molar refractivity (Wildman–Crippen MR) is 69.2 cm³/mol. The van der Waals surface area contributed by atoms with E-state index in [1.165, 1.54) is 16.8 Å². The average Bonchev–Trinajstić information content (AvgIpc) is 2.96. The molecule has 6 heteroatoms. The summed E-state index contributed by atoms with van der Waals surface area (Å²) in [5.41, 5.74) is 1.62. The van der Waals surface area contributed by atoms with Crippen molar-refractivity contribution in [3.8, 4) is 0 Å². The molecule has 0 aromatic carbocycles. The van der Waals surface area contributed by atoms with E-state index in [1.54, 1.807) is 6.26 Å². The minimum Gasteiger partial charge on any atom is -0.476 e. The number of carbonyl (C=O) groups is 1. The molecule has 2 heterocycles. The molecular weight excluding hydrogens is 252 g/mol. The normalized spacial score (nSPS) is 12.3. The molecule has 0 aliphatic rings. The molecule has 0 radical (unpaired) electrons. The third-order valence-electron chi connectivity index (χ3n) is 2.55. The van der Waals surface area contributed by atoms with Gasteiger partial charge in [0.15, 0.2) is 5.69 Å². The van der Waals surface area contributed by atoms with Crippen LogP contribution in [0.4, 0.5) is 5.00 Å². The molecule has 0 fully saturated rings. The van der Waals surface area contributed by atoms with Gasteiger partial charge in [0.05, 0.1) is 11.8 Å². The van der Waals surface area contributed by atoms with Crippen molar-refractivity contribution in [1.82, 2.24) is 4.98 Å². The average molecular weight is 266 g/mol. The van der Waals surface area contributed by atoms with Crippen molar-refractivity contribution in [3.63, 3.8) is 0 Å². The number of aromatic nitrogens is 1.